The predicted octanol–water partition coefficient (Wildman–Crippen LogP) is 4.57. The Morgan fingerprint density at radius 3 is 2.59 bits per heavy atom. The highest BCUT2D eigenvalue weighted by atomic mass is 32.1. The van der Waals surface area contributed by atoms with Crippen LogP contribution in [0.25, 0.3) is 10.6 Å². The van der Waals surface area contributed by atoms with Crippen LogP contribution in [0.1, 0.15) is 29.3 Å². The smallest absolute Gasteiger partial charge is 0.317 e. The van der Waals surface area contributed by atoms with Gasteiger partial charge in [0.05, 0.1) is 0 Å². The summed E-state index contributed by atoms with van der Waals surface area (Å²) >= 11 is 1.33. The molecule has 0 unspecified atom stereocenters. The van der Waals surface area contributed by atoms with E-state index in [2.05, 4.69) is 15.5 Å². The third-order valence-corrected chi connectivity index (χ3v) is 6.14. The molecule has 1 N–H and O–H groups in total. The van der Waals surface area contributed by atoms with E-state index < -0.39 is 11.6 Å². The number of urea groups is 1. The molecule has 0 radical (unpaired) electrons. The first-order valence-electron chi connectivity index (χ1n) is 9.45. The van der Waals surface area contributed by atoms with E-state index in [1.54, 1.807) is 4.90 Å². The zero-order valence-corrected chi connectivity index (χ0v) is 16.5. The quantitative estimate of drug-likeness (QED) is 0.680. The number of nitrogens with one attached hydrogen (secondary N) is 1. The van der Waals surface area contributed by atoms with E-state index in [0.29, 0.717) is 24.6 Å². The number of likely N-dealkylation sites (tertiary alicyclic amines) is 1. The first kappa shape index (κ1) is 19.4. The van der Waals surface area contributed by atoms with Gasteiger partial charge in [-0.1, -0.05) is 41.7 Å². The third-order valence-electron chi connectivity index (χ3n) is 5.02. The summed E-state index contributed by atoms with van der Waals surface area (Å²) in [6.45, 7) is 1.76. The van der Waals surface area contributed by atoms with E-state index in [1.165, 1.54) is 23.5 Å². The van der Waals surface area contributed by atoms with Gasteiger partial charge in [0.15, 0.2) is 5.01 Å². The fourth-order valence-electron chi connectivity index (χ4n) is 3.39. The van der Waals surface area contributed by atoms with Crippen LogP contribution in [0.5, 0.6) is 0 Å². The highest BCUT2D eigenvalue weighted by molar-refractivity contribution is 7.14. The molecule has 3 aromatic rings. The van der Waals surface area contributed by atoms with Gasteiger partial charge in [-0.3, -0.25) is 0 Å². The summed E-state index contributed by atoms with van der Waals surface area (Å²) in [7, 11) is 0. The molecule has 1 aliphatic heterocycles. The number of piperidine rings is 1. The second kappa shape index (κ2) is 8.65. The first-order valence-corrected chi connectivity index (χ1v) is 10.3. The van der Waals surface area contributed by atoms with Gasteiger partial charge in [0.25, 0.3) is 0 Å². The Balaban J connectivity index is 1.33. The summed E-state index contributed by atoms with van der Waals surface area (Å²) in [5, 5.41) is 12.5. The standard InChI is InChI=1S/C21H20F2N4OS/c22-16-6-7-17(18(23)12-16)20-26-25-19(29-20)15-8-10-27(11-9-15)21(28)24-13-14-4-2-1-3-5-14/h1-7,12,15H,8-11,13H2,(H,24,28). The van der Waals surface area contributed by atoms with E-state index in [0.717, 1.165) is 29.5 Å². The number of amides is 2. The van der Waals surface area contributed by atoms with E-state index in [1.807, 2.05) is 30.3 Å². The van der Waals surface area contributed by atoms with Crippen LogP contribution in [0.3, 0.4) is 0 Å². The molecular weight excluding hydrogens is 394 g/mol. The predicted molar refractivity (Wildman–Crippen MR) is 107 cm³/mol. The normalized spacial score (nSPS) is 14.8. The van der Waals surface area contributed by atoms with Crippen LogP contribution in [0.15, 0.2) is 48.5 Å². The molecule has 0 spiro atoms. The van der Waals surface area contributed by atoms with Crippen molar-refractivity contribution in [3.05, 3.63) is 70.7 Å². The average Bonchev–Trinajstić information content (AvgIpc) is 3.23. The lowest BCUT2D eigenvalue weighted by atomic mass is 9.98. The van der Waals surface area contributed by atoms with Gasteiger partial charge in [-0.15, -0.1) is 10.2 Å². The largest absolute Gasteiger partial charge is 0.334 e. The number of benzene rings is 2. The molecule has 29 heavy (non-hydrogen) atoms. The molecule has 8 heteroatoms. The molecule has 2 aromatic carbocycles. The fraction of sp³-hybridized carbons (Fsp3) is 0.286. The number of nitrogens with zero attached hydrogens (tertiary/aromatic N) is 3. The van der Waals surface area contributed by atoms with Crippen molar-refractivity contribution in [1.29, 1.82) is 0 Å². The van der Waals surface area contributed by atoms with E-state index in [9.17, 15) is 13.6 Å². The first-order chi connectivity index (χ1) is 14.1. The lowest BCUT2D eigenvalue weighted by molar-refractivity contribution is 0.181. The zero-order valence-electron chi connectivity index (χ0n) is 15.6. The Hall–Kier alpha value is -2.87. The molecule has 150 valence electrons. The Bertz CT molecular complexity index is 987. The Morgan fingerprint density at radius 2 is 1.86 bits per heavy atom. The minimum Gasteiger partial charge on any atom is -0.334 e. The van der Waals surface area contributed by atoms with Crippen LogP contribution in [0.4, 0.5) is 13.6 Å². The van der Waals surface area contributed by atoms with E-state index >= 15 is 0 Å². The van der Waals surface area contributed by atoms with Crippen molar-refractivity contribution in [3.8, 4) is 10.6 Å². The van der Waals surface area contributed by atoms with Crippen LogP contribution >= 0.6 is 11.3 Å². The van der Waals surface area contributed by atoms with Crippen molar-refractivity contribution in [2.75, 3.05) is 13.1 Å². The molecule has 2 amide bonds. The van der Waals surface area contributed by atoms with Gasteiger partial charge in [-0.05, 0) is 30.5 Å². The topological polar surface area (TPSA) is 58.1 Å². The molecule has 1 aliphatic rings. The summed E-state index contributed by atoms with van der Waals surface area (Å²) in [6, 6.07) is 13.2. The van der Waals surface area contributed by atoms with Crippen molar-refractivity contribution in [2.24, 2.45) is 0 Å². The monoisotopic (exact) mass is 414 g/mol. The maximum absolute atomic E-state index is 14.0. The summed E-state index contributed by atoms with van der Waals surface area (Å²) in [4.78, 5) is 14.2. The molecule has 0 bridgehead atoms. The Morgan fingerprint density at radius 1 is 1.10 bits per heavy atom. The maximum Gasteiger partial charge on any atom is 0.317 e. The second-order valence-corrected chi connectivity index (χ2v) is 7.98. The zero-order chi connectivity index (χ0) is 20.2. The van der Waals surface area contributed by atoms with Gasteiger partial charge < -0.3 is 10.2 Å². The number of carbonyl (C=O) groups is 1. The molecule has 0 saturated carbocycles. The average molecular weight is 414 g/mol. The van der Waals surface area contributed by atoms with Crippen LogP contribution in [-0.4, -0.2) is 34.2 Å². The molecule has 5 nitrogen and oxygen atoms in total. The molecule has 0 aliphatic carbocycles. The fourth-order valence-corrected chi connectivity index (χ4v) is 4.43. The van der Waals surface area contributed by atoms with Crippen molar-refractivity contribution >= 4 is 17.4 Å². The van der Waals surface area contributed by atoms with Crippen molar-refractivity contribution in [3.63, 3.8) is 0 Å². The summed E-state index contributed by atoms with van der Waals surface area (Å²) in [5.41, 5.74) is 1.32. The van der Waals surface area contributed by atoms with Crippen LogP contribution in [0.2, 0.25) is 0 Å². The molecule has 1 aromatic heterocycles. The number of halogens is 2. The molecule has 4 rings (SSSR count). The van der Waals surface area contributed by atoms with Gasteiger partial charge in [0.2, 0.25) is 0 Å². The van der Waals surface area contributed by atoms with Gasteiger partial charge >= 0.3 is 6.03 Å². The molecule has 1 saturated heterocycles. The van der Waals surface area contributed by atoms with Crippen LogP contribution in [0, 0.1) is 11.6 Å². The Kier molecular flexibility index (Phi) is 5.80. The number of hydrogen-bond donors (Lipinski definition) is 1. The number of carbonyl (C=O) groups excluding carboxylic acids is 1. The van der Waals surface area contributed by atoms with Crippen molar-refractivity contribution in [1.82, 2.24) is 20.4 Å². The van der Waals surface area contributed by atoms with E-state index in [4.69, 9.17) is 0 Å². The number of aromatic nitrogens is 2. The van der Waals surface area contributed by atoms with Gasteiger partial charge in [0.1, 0.15) is 16.6 Å². The second-order valence-electron chi connectivity index (χ2n) is 6.98. The number of hydrogen-bond acceptors (Lipinski definition) is 4. The molecule has 2 heterocycles. The highest BCUT2D eigenvalue weighted by Crippen LogP contribution is 2.34. The van der Waals surface area contributed by atoms with Crippen LogP contribution < -0.4 is 5.32 Å². The summed E-state index contributed by atoms with van der Waals surface area (Å²) < 4.78 is 27.1. The lowest BCUT2D eigenvalue weighted by Gasteiger charge is -2.31. The van der Waals surface area contributed by atoms with Crippen LogP contribution in [-0.2, 0) is 6.54 Å². The molecular formula is C21H20F2N4OS. The van der Waals surface area contributed by atoms with E-state index in [-0.39, 0.29) is 17.5 Å². The molecule has 1 fully saturated rings. The van der Waals surface area contributed by atoms with Crippen molar-refractivity contribution in [2.45, 2.75) is 25.3 Å². The summed E-state index contributed by atoms with van der Waals surface area (Å²) in [5.74, 6) is -1.07. The number of rotatable bonds is 4. The van der Waals surface area contributed by atoms with Gasteiger partial charge in [-0.25, -0.2) is 13.6 Å². The minimum absolute atomic E-state index is 0.0707. The maximum atomic E-state index is 14.0. The van der Waals surface area contributed by atoms with Gasteiger partial charge in [0, 0.05) is 37.2 Å². The Labute approximate surface area is 171 Å². The van der Waals surface area contributed by atoms with Gasteiger partial charge in [-0.2, -0.15) is 0 Å². The molecule has 0 atom stereocenters. The SMILES string of the molecule is O=C(NCc1ccccc1)N1CCC(c2nnc(-c3ccc(F)cc3F)s2)CC1. The third kappa shape index (κ3) is 4.59. The summed E-state index contributed by atoms with van der Waals surface area (Å²) in [6.07, 6.45) is 1.55. The lowest BCUT2D eigenvalue weighted by Crippen LogP contribution is -2.43. The van der Waals surface area contributed by atoms with Crippen molar-refractivity contribution < 1.29 is 13.6 Å². The minimum atomic E-state index is -0.641. The highest BCUT2D eigenvalue weighted by Gasteiger charge is 2.26.